The van der Waals surface area contributed by atoms with Gasteiger partial charge in [0.2, 0.25) is 0 Å². The molecule has 0 heterocycles. The third-order valence-corrected chi connectivity index (χ3v) is 2.64. The number of anilines is 1. The van der Waals surface area contributed by atoms with Crippen LogP contribution in [0.5, 0.6) is 0 Å². The number of aliphatic hydroxyl groups is 1. The Balaban J connectivity index is 3.04. The summed E-state index contributed by atoms with van der Waals surface area (Å²) in [6.45, 7) is 2.56. The van der Waals surface area contributed by atoms with Crippen molar-refractivity contribution in [1.82, 2.24) is 4.90 Å². The zero-order valence-electron chi connectivity index (χ0n) is 9.61. The first-order valence-corrected chi connectivity index (χ1v) is 5.68. The van der Waals surface area contributed by atoms with E-state index in [1.807, 2.05) is 6.92 Å². The molecule has 6 heteroatoms. The summed E-state index contributed by atoms with van der Waals surface area (Å²) in [5.41, 5.74) is 3.36. The summed E-state index contributed by atoms with van der Waals surface area (Å²) < 4.78 is 0. The summed E-state index contributed by atoms with van der Waals surface area (Å²) in [6, 6.07) is 4.84. The van der Waals surface area contributed by atoms with Crippen LogP contribution >= 0.6 is 11.6 Å². The van der Waals surface area contributed by atoms with Gasteiger partial charge in [-0.3, -0.25) is 10.6 Å². The molecule has 5 nitrogen and oxygen atoms in total. The number of likely N-dealkylation sites (N-methyl/N-ethyl adjacent to an activating group) is 1. The van der Waals surface area contributed by atoms with Crippen LogP contribution in [0.2, 0.25) is 5.02 Å². The van der Waals surface area contributed by atoms with Gasteiger partial charge in [0.15, 0.2) is 0 Å². The van der Waals surface area contributed by atoms with E-state index in [4.69, 9.17) is 22.6 Å². The maximum Gasteiger partial charge on any atom is 0.256 e. The van der Waals surface area contributed by atoms with Crippen molar-refractivity contribution >= 4 is 23.2 Å². The number of hydrazine groups is 1. The molecule has 17 heavy (non-hydrogen) atoms. The Hall–Kier alpha value is -1.30. The molecule has 0 aromatic heterocycles. The number of carbonyl (C=O) groups is 1. The zero-order valence-corrected chi connectivity index (χ0v) is 10.4. The maximum atomic E-state index is 12.2. The van der Waals surface area contributed by atoms with Gasteiger partial charge in [0, 0.05) is 18.1 Å². The Morgan fingerprint density at radius 3 is 2.82 bits per heavy atom. The minimum atomic E-state index is -0.211. The molecule has 0 fully saturated rings. The smallest absolute Gasteiger partial charge is 0.256 e. The van der Waals surface area contributed by atoms with Gasteiger partial charge in [-0.05, 0) is 25.1 Å². The monoisotopic (exact) mass is 257 g/mol. The Bertz CT molecular complexity index is 398. The molecule has 0 bridgehead atoms. The van der Waals surface area contributed by atoms with E-state index in [1.165, 1.54) is 4.90 Å². The third-order valence-electron chi connectivity index (χ3n) is 2.41. The Morgan fingerprint density at radius 2 is 2.29 bits per heavy atom. The second kappa shape index (κ2) is 6.44. The first kappa shape index (κ1) is 13.8. The molecule has 0 saturated heterocycles. The Labute approximate surface area is 105 Å². The molecule has 1 rings (SSSR count). The van der Waals surface area contributed by atoms with Gasteiger partial charge in [0.1, 0.15) is 0 Å². The summed E-state index contributed by atoms with van der Waals surface area (Å²) in [6.07, 6.45) is 0. The van der Waals surface area contributed by atoms with E-state index in [9.17, 15) is 4.79 Å². The topological polar surface area (TPSA) is 78.6 Å². The molecule has 0 saturated carbocycles. The van der Waals surface area contributed by atoms with E-state index in [0.29, 0.717) is 22.8 Å². The predicted molar refractivity (Wildman–Crippen MR) is 67.9 cm³/mol. The molecule has 0 unspecified atom stereocenters. The minimum absolute atomic E-state index is 0.0778. The first-order chi connectivity index (χ1) is 8.13. The van der Waals surface area contributed by atoms with Crippen molar-refractivity contribution in [3.05, 3.63) is 28.8 Å². The van der Waals surface area contributed by atoms with E-state index in [2.05, 4.69) is 5.43 Å². The van der Waals surface area contributed by atoms with Gasteiger partial charge < -0.3 is 15.4 Å². The van der Waals surface area contributed by atoms with Crippen molar-refractivity contribution in [2.45, 2.75) is 6.92 Å². The highest BCUT2D eigenvalue weighted by molar-refractivity contribution is 6.31. The fourth-order valence-corrected chi connectivity index (χ4v) is 1.69. The van der Waals surface area contributed by atoms with Crippen LogP contribution in [0.1, 0.15) is 17.3 Å². The van der Waals surface area contributed by atoms with Crippen molar-refractivity contribution in [2.24, 2.45) is 5.84 Å². The molecule has 1 aromatic rings. The van der Waals surface area contributed by atoms with Crippen molar-refractivity contribution in [1.29, 1.82) is 0 Å². The molecule has 0 aliphatic carbocycles. The first-order valence-electron chi connectivity index (χ1n) is 5.30. The van der Waals surface area contributed by atoms with E-state index in [-0.39, 0.29) is 19.1 Å². The number of carbonyl (C=O) groups excluding carboxylic acids is 1. The second-order valence-corrected chi connectivity index (χ2v) is 3.88. The predicted octanol–water partition coefficient (Wildman–Crippen LogP) is 1.08. The molecule has 0 aliphatic heterocycles. The minimum Gasteiger partial charge on any atom is -0.395 e. The number of rotatable bonds is 5. The molecule has 94 valence electrons. The molecular weight excluding hydrogens is 242 g/mol. The van der Waals surface area contributed by atoms with E-state index in [0.717, 1.165) is 0 Å². The average molecular weight is 258 g/mol. The lowest BCUT2D eigenvalue weighted by Crippen LogP contribution is -2.34. The van der Waals surface area contributed by atoms with Gasteiger partial charge in [-0.25, -0.2) is 0 Å². The summed E-state index contributed by atoms with van der Waals surface area (Å²) in [5, 5.41) is 9.35. The van der Waals surface area contributed by atoms with Crippen molar-refractivity contribution in [3.63, 3.8) is 0 Å². The Kier molecular flexibility index (Phi) is 5.21. The SMILES string of the molecule is CCN(CCO)C(=O)c1cc(Cl)ccc1NN. The molecule has 4 N–H and O–H groups in total. The van der Waals surface area contributed by atoms with E-state index >= 15 is 0 Å². The zero-order chi connectivity index (χ0) is 12.8. The number of nitrogens with one attached hydrogen (secondary N) is 1. The fraction of sp³-hybridized carbons (Fsp3) is 0.364. The summed E-state index contributed by atoms with van der Waals surface area (Å²) >= 11 is 5.85. The lowest BCUT2D eigenvalue weighted by molar-refractivity contribution is 0.0733. The van der Waals surface area contributed by atoms with Gasteiger partial charge in [-0.2, -0.15) is 0 Å². The number of hydrogen-bond acceptors (Lipinski definition) is 4. The van der Waals surface area contributed by atoms with Crippen LogP contribution in [0.4, 0.5) is 5.69 Å². The quantitative estimate of drug-likeness (QED) is 0.545. The van der Waals surface area contributed by atoms with Crippen LogP contribution in [-0.2, 0) is 0 Å². The molecule has 1 amide bonds. The highest BCUT2D eigenvalue weighted by atomic mass is 35.5. The maximum absolute atomic E-state index is 12.2. The molecular formula is C11H16ClN3O2. The number of amides is 1. The number of nitrogens with two attached hydrogens (primary N) is 1. The van der Waals surface area contributed by atoms with Crippen molar-refractivity contribution in [2.75, 3.05) is 25.1 Å². The number of hydrogen-bond donors (Lipinski definition) is 3. The fourth-order valence-electron chi connectivity index (χ4n) is 1.51. The number of halogens is 1. The Morgan fingerprint density at radius 1 is 1.59 bits per heavy atom. The summed E-state index contributed by atoms with van der Waals surface area (Å²) in [4.78, 5) is 13.7. The van der Waals surface area contributed by atoms with E-state index < -0.39 is 0 Å². The summed E-state index contributed by atoms with van der Waals surface area (Å²) in [7, 11) is 0. The van der Waals surface area contributed by atoms with Gasteiger partial charge in [-0.15, -0.1) is 0 Å². The molecule has 0 aliphatic rings. The standard InChI is InChI=1S/C11H16ClN3O2/c1-2-15(5-6-16)11(17)9-7-8(12)3-4-10(9)14-13/h3-4,7,14,16H,2,5-6,13H2,1H3. The van der Waals surface area contributed by atoms with Crippen LogP contribution < -0.4 is 11.3 Å². The number of benzene rings is 1. The third kappa shape index (κ3) is 3.33. The van der Waals surface area contributed by atoms with Gasteiger partial charge >= 0.3 is 0 Å². The number of nitrogens with zero attached hydrogens (tertiary/aromatic N) is 1. The van der Waals surface area contributed by atoms with E-state index in [1.54, 1.807) is 18.2 Å². The van der Waals surface area contributed by atoms with Gasteiger partial charge in [-0.1, -0.05) is 11.6 Å². The summed E-state index contributed by atoms with van der Waals surface area (Å²) in [5.74, 6) is 5.13. The normalized spacial score (nSPS) is 10.1. The number of nitrogen functional groups attached to an aromatic ring is 1. The second-order valence-electron chi connectivity index (χ2n) is 3.44. The van der Waals surface area contributed by atoms with Crippen LogP contribution in [0.3, 0.4) is 0 Å². The van der Waals surface area contributed by atoms with Gasteiger partial charge in [0.05, 0.1) is 17.9 Å². The van der Waals surface area contributed by atoms with Crippen LogP contribution in [-0.4, -0.2) is 35.6 Å². The lowest BCUT2D eigenvalue weighted by atomic mass is 10.1. The van der Waals surface area contributed by atoms with Crippen LogP contribution in [0, 0.1) is 0 Å². The van der Waals surface area contributed by atoms with Crippen LogP contribution in [0.25, 0.3) is 0 Å². The molecule has 0 radical (unpaired) electrons. The molecule has 1 aromatic carbocycles. The largest absolute Gasteiger partial charge is 0.395 e. The molecule has 0 atom stereocenters. The van der Waals surface area contributed by atoms with Gasteiger partial charge in [0.25, 0.3) is 5.91 Å². The number of aliphatic hydroxyl groups excluding tert-OH is 1. The van der Waals surface area contributed by atoms with Crippen molar-refractivity contribution in [3.8, 4) is 0 Å². The molecule has 0 spiro atoms. The highest BCUT2D eigenvalue weighted by Gasteiger charge is 2.17. The van der Waals surface area contributed by atoms with Crippen LogP contribution in [0.15, 0.2) is 18.2 Å². The highest BCUT2D eigenvalue weighted by Crippen LogP contribution is 2.21. The average Bonchev–Trinajstić information content (AvgIpc) is 2.35. The lowest BCUT2D eigenvalue weighted by Gasteiger charge is -2.21. The van der Waals surface area contributed by atoms with Crippen molar-refractivity contribution < 1.29 is 9.90 Å².